The Balaban J connectivity index is 1.99. The summed E-state index contributed by atoms with van der Waals surface area (Å²) in [6, 6.07) is 4.00. The van der Waals surface area contributed by atoms with Crippen LogP contribution in [0, 0.1) is 5.82 Å². The first-order valence-corrected chi connectivity index (χ1v) is 10.4. The lowest BCUT2D eigenvalue weighted by Crippen LogP contribution is -2.40. The molecule has 0 aliphatic carbocycles. The van der Waals surface area contributed by atoms with Crippen LogP contribution in [0.4, 0.5) is 14.9 Å². The van der Waals surface area contributed by atoms with Gasteiger partial charge in [0.2, 0.25) is 5.84 Å². The Kier molecular flexibility index (Phi) is 7.55. The van der Waals surface area contributed by atoms with Gasteiger partial charge in [-0.3, -0.25) is 0 Å². The number of hydrogen-bond acceptors (Lipinski definition) is 9. The molecule has 0 aliphatic rings. The molecule has 0 spiro atoms. The van der Waals surface area contributed by atoms with Gasteiger partial charge in [0.1, 0.15) is 5.82 Å². The third-order valence-corrected chi connectivity index (χ3v) is 5.40. The molecule has 0 radical (unpaired) electrons. The number of anilines is 1. The summed E-state index contributed by atoms with van der Waals surface area (Å²) in [5.41, 5.74) is 0.409. The summed E-state index contributed by atoms with van der Waals surface area (Å²) < 4.78 is 44.1. The molecular formula is C12H12BrFN6O6S2. The van der Waals surface area contributed by atoms with Crippen LogP contribution in [0.1, 0.15) is 5.69 Å². The van der Waals surface area contributed by atoms with E-state index in [0.29, 0.717) is 5.69 Å². The van der Waals surface area contributed by atoms with Gasteiger partial charge in [0, 0.05) is 18.0 Å². The molecule has 1 amide bonds. The van der Waals surface area contributed by atoms with Crippen molar-refractivity contribution >= 4 is 55.5 Å². The zero-order valence-electron chi connectivity index (χ0n) is 13.6. The first-order valence-electron chi connectivity index (χ1n) is 7.12. The number of oxime groups is 1. The molecule has 0 saturated heterocycles. The van der Waals surface area contributed by atoms with Gasteiger partial charge in [-0.25, -0.2) is 18.5 Å². The minimum Gasteiger partial charge on any atom is -0.464 e. The highest BCUT2D eigenvalue weighted by Gasteiger charge is 2.19. The quantitative estimate of drug-likeness (QED) is 0.0891. The van der Waals surface area contributed by atoms with E-state index in [4.69, 9.17) is 5.11 Å². The van der Waals surface area contributed by atoms with Gasteiger partial charge in [0.25, 0.3) is 0 Å². The van der Waals surface area contributed by atoms with Crippen LogP contribution < -0.4 is 14.8 Å². The van der Waals surface area contributed by atoms with E-state index in [1.807, 2.05) is 4.72 Å². The summed E-state index contributed by atoms with van der Waals surface area (Å²) in [4.78, 5) is 10.3. The smallest absolute Gasteiger partial charge is 0.419 e. The van der Waals surface area contributed by atoms with E-state index in [-0.39, 0.29) is 33.3 Å². The fourth-order valence-corrected chi connectivity index (χ4v) is 3.67. The molecule has 0 bridgehead atoms. The summed E-state index contributed by atoms with van der Waals surface area (Å²) in [5, 5.41) is 30.8. The van der Waals surface area contributed by atoms with Crippen molar-refractivity contribution < 1.29 is 32.5 Å². The topological polar surface area (TPSA) is 179 Å². The van der Waals surface area contributed by atoms with E-state index in [1.165, 1.54) is 22.9 Å². The number of benzene rings is 1. The lowest BCUT2D eigenvalue weighted by atomic mass is 10.3. The van der Waals surface area contributed by atoms with Crippen LogP contribution in [0.2, 0.25) is 0 Å². The average molecular weight is 499 g/mol. The molecule has 1 aromatic heterocycles. The molecule has 16 heteroatoms. The van der Waals surface area contributed by atoms with Crippen molar-refractivity contribution in [2.75, 3.05) is 17.6 Å². The molecule has 152 valence electrons. The second-order valence-electron chi connectivity index (χ2n) is 4.77. The van der Waals surface area contributed by atoms with Gasteiger partial charge in [0.15, 0.2) is 10.7 Å². The normalized spacial score (nSPS) is 12.0. The van der Waals surface area contributed by atoms with Gasteiger partial charge < -0.3 is 15.6 Å². The maximum absolute atomic E-state index is 13.3. The summed E-state index contributed by atoms with van der Waals surface area (Å²) in [5.74, 6) is -0.495. The second kappa shape index (κ2) is 9.67. The maximum Gasteiger partial charge on any atom is 0.419 e. The van der Waals surface area contributed by atoms with Crippen LogP contribution in [0.15, 0.2) is 37.5 Å². The fourth-order valence-electron chi connectivity index (χ4n) is 1.74. The maximum atomic E-state index is 13.3. The minimum absolute atomic E-state index is 0.0273. The third kappa shape index (κ3) is 6.32. The standard InChI is InChI=1S/C12H12BrFN6O6S2/c13-7-5-6(1-2-8(7)14)16-10(17-23)9-11(19-26-18-9)27-4-3-15-28(24,25)20-12(21)22/h1-2,5,15,20,23H,3-4H2,(H,16,17)(H,21,22). The van der Waals surface area contributed by atoms with Crippen LogP contribution in [-0.2, 0) is 10.2 Å². The number of carbonyl (C=O) groups is 1. The molecule has 5 N–H and O–H groups in total. The summed E-state index contributed by atoms with van der Waals surface area (Å²) in [7, 11) is -4.18. The van der Waals surface area contributed by atoms with Crippen molar-refractivity contribution in [3.05, 3.63) is 34.2 Å². The average Bonchev–Trinajstić information content (AvgIpc) is 3.07. The third-order valence-electron chi connectivity index (χ3n) is 2.82. The van der Waals surface area contributed by atoms with E-state index in [9.17, 15) is 22.8 Å². The molecule has 2 aromatic rings. The van der Waals surface area contributed by atoms with Gasteiger partial charge in [-0.1, -0.05) is 16.9 Å². The number of amides is 1. The molecular weight excluding hydrogens is 487 g/mol. The zero-order valence-corrected chi connectivity index (χ0v) is 16.8. The summed E-state index contributed by atoms with van der Waals surface area (Å²) in [6.07, 6.45) is -1.72. The first kappa shape index (κ1) is 21.9. The number of halogens is 2. The first-order chi connectivity index (χ1) is 13.2. The molecule has 0 unspecified atom stereocenters. The number of nitrogens with one attached hydrogen (secondary N) is 3. The number of rotatable bonds is 8. The molecule has 0 saturated carbocycles. The van der Waals surface area contributed by atoms with Gasteiger partial charge in [-0.15, -0.1) is 0 Å². The van der Waals surface area contributed by atoms with Crippen molar-refractivity contribution in [3.8, 4) is 0 Å². The van der Waals surface area contributed by atoms with Crippen molar-refractivity contribution in [3.63, 3.8) is 0 Å². The minimum atomic E-state index is -4.18. The molecule has 1 aromatic carbocycles. The van der Waals surface area contributed by atoms with Gasteiger partial charge in [-0.05, 0) is 44.4 Å². The Hall–Kier alpha value is -2.43. The Morgan fingerprint density at radius 1 is 1.39 bits per heavy atom. The van der Waals surface area contributed by atoms with Crippen molar-refractivity contribution in [1.82, 2.24) is 19.8 Å². The van der Waals surface area contributed by atoms with E-state index in [1.54, 1.807) is 0 Å². The van der Waals surface area contributed by atoms with Crippen LogP contribution >= 0.6 is 27.7 Å². The Morgan fingerprint density at radius 2 is 2.14 bits per heavy atom. The van der Waals surface area contributed by atoms with Gasteiger partial charge in [-0.2, -0.15) is 13.1 Å². The number of carboxylic acid groups (broad SMARTS) is 1. The van der Waals surface area contributed by atoms with E-state index in [2.05, 4.69) is 41.3 Å². The number of amidine groups is 1. The molecule has 12 nitrogen and oxygen atoms in total. The predicted octanol–water partition coefficient (Wildman–Crippen LogP) is 1.41. The van der Waals surface area contributed by atoms with Crippen LogP contribution in [-0.4, -0.2) is 53.3 Å². The summed E-state index contributed by atoms with van der Waals surface area (Å²) in [6.45, 7) is -0.135. The number of thioether (sulfide) groups is 1. The Labute approximate surface area is 169 Å². The molecule has 28 heavy (non-hydrogen) atoms. The second-order valence-corrected chi connectivity index (χ2v) is 8.21. The molecule has 0 atom stereocenters. The zero-order chi connectivity index (χ0) is 20.7. The van der Waals surface area contributed by atoms with E-state index in [0.717, 1.165) is 11.8 Å². The highest BCUT2D eigenvalue weighted by Crippen LogP contribution is 2.23. The molecule has 0 aliphatic heterocycles. The van der Waals surface area contributed by atoms with Crippen molar-refractivity contribution in [2.24, 2.45) is 5.16 Å². The van der Waals surface area contributed by atoms with E-state index >= 15 is 0 Å². The molecule has 1 heterocycles. The van der Waals surface area contributed by atoms with Crippen LogP contribution in [0.25, 0.3) is 0 Å². The fraction of sp³-hybridized carbons (Fsp3) is 0.167. The van der Waals surface area contributed by atoms with Crippen molar-refractivity contribution in [1.29, 1.82) is 0 Å². The predicted molar refractivity (Wildman–Crippen MR) is 99.2 cm³/mol. The molecule has 0 fully saturated rings. The van der Waals surface area contributed by atoms with Gasteiger partial charge >= 0.3 is 16.3 Å². The SMILES string of the molecule is O=C(O)NS(=O)(=O)NCCSc1nonc1/C(=N/O)Nc1ccc(F)c(Br)c1. The molecule has 2 rings (SSSR count). The van der Waals surface area contributed by atoms with Crippen LogP contribution in [0.3, 0.4) is 0 Å². The van der Waals surface area contributed by atoms with Crippen molar-refractivity contribution in [2.45, 2.75) is 5.03 Å². The monoisotopic (exact) mass is 498 g/mol. The Bertz CT molecular complexity index is 985. The summed E-state index contributed by atoms with van der Waals surface area (Å²) >= 11 is 4.03. The Morgan fingerprint density at radius 3 is 2.79 bits per heavy atom. The lowest BCUT2D eigenvalue weighted by Gasteiger charge is -2.08. The lowest BCUT2D eigenvalue weighted by molar-refractivity contribution is 0.201. The number of hydrogen-bond donors (Lipinski definition) is 5. The van der Waals surface area contributed by atoms with Crippen LogP contribution in [0.5, 0.6) is 0 Å². The number of aromatic nitrogens is 2. The largest absolute Gasteiger partial charge is 0.464 e. The number of nitrogens with zero attached hydrogens (tertiary/aromatic N) is 3. The van der Waals surface area contributed by atoms with E-state index < -0.39 is 22.1 Å². The highest BCUT2D eigenvalue weighted by molar-refractivity contribution is 9.10. The van der Waals surface area contributed by atoms with Gasteiger partial charge in [0.05, 0.1) is 4.47 Å². The highest BCUT2D eigenvalue weighted by atomic mass is 79.9.